The predicted octanol–water partition coefficient (Wildman–Crippen LogP) is 1.86. The summed E-state index contributed by atoms with van der Waals surface area (Å²) in [5.74, 6) is 0.782. The van der Waals surface area contributed by atoms with Gasteiger partial charge in [0.15, 0.2) is 5.13 Å². The van der Waals surface area contributed by atoms with Crippen molar-refractivity contribution in [3.8, 4) is 0 Å². The van der Waals surface area contributed by atoms with Gasteiger partial charge in [0.1, 0.15) is 5.82 Å². The van der Waals surface area contributed by atoms with E-state index < -0.39 is 0 Å². The van der Waals surface area contributed by atoms with Gasteiger partial charge in [-0.25, -0.2) is 9.97 Å². The number of aryl methyl sites for hydroxylation is 2. The van der Waals surface area contributed by atoms with E-state index in [-0.39, 0.29) is 5.91 Å². The summed E-state index contributed by atoms with van der Waals surface area (Å²) >= 11 is 1.76. The van der Waals surface area contributed by atoms with Crippen LogP contribution >= 0.6 is 11.3 Å². The fourth-order valence-corrected chi connectivity index (χ4v) is 3.76. The van der Waals surface area contributed by atoms with Crippen molar-refractivity contribution in [1.82, 2.24) is 15.3 Å². The van der Waals surface area contributed by atoms with E-state index in [0.29, 0.717) is 18.7 Å². The summed E-state index contributed by atoms with van der Waals surface area (Å²) in [4.78, 5) is 27.0. The molecule has 3 heterocycles. The molecule has 7 nitrogen and oxygen atoms in total. The van der Waals surface area contributed by atoms with Crippen LogP contribution in [0.3, 0.4) is 0 Å². The lowest BCUT2D eigenvalue weighted by atomic mass is 10.2. The highest BCUT2D eigenvalue weighted by atomic mass is 32.1. The largest absolute Gasteiger partial charge is 0.383 e. The van der Waals surface area contributed by atoms with Gasteiger partial charge in [-0.1, -0.05) is 0 Å². The summed E-state index contributed by atoms with van der Waals surface area (Å²) in [6.07, 6.45) is 1.64. The van der Waals surface area contributed by atoms with E-state index in [4.69, 9.17) is 4.74 Å². The maximum atomic E-state index is 12.0. The first kappa shape index (κ1) is 18.6. The van der Waals surface area contributed by atoms with E-state index in [0.717, 1.165) is 42.8 Å². The van der Waals surface area contributed by atoms with Gasteiger partial charge in [0.25, 0.3) is 5.91 Å². The number of nitrogens with zero attached hydrogens (tertiary/aromatic N) is 4. The molecule has 140 valence electrons. The molecule has 0 unspecified atom stereocenters. The molecule has 0 bridgehead atoms. The lowest BCUT2D eigenvalue weighted by Crippen LogP contribution is -2.46. The number of amides is 1. The first-order valence-corrected chi connectivity index (χ1v) is 9.57. The topological polar surface area (TPSA) is 70.6 Å². The van der Waals surface area contributed by atoms with Crippen LogP contribution in [-0.2, 0) is 4.74 Å². The van der Waals surface area contributed by atoms with Crippen LogP contribution in [-0.4, -0.2) is 62.3 Å². The third-order valence-electron chi connectivity index (χ3n) is 4.49. The maximum Gasteiger partial charge on any atom is 0.252 e. The second-order valence-corrected chi connectivity index (χ2v) is 7.45. The minimum atomic E-state index is -0.125. The molecule has 1 saturated heterocycles. The van der Waals surface area contributed by atoms with Crippen LogP contribution < -0.4 is 15.1 Å². The zero-order chi connectivity index (χ0) is 18.5. The SMILES string of the molecule is COCCNC(=O)c1ccc(N2CCN(c3nc(C)c(C)s3)CC2)nc1. The van der Waals surface area contributed by atoms with Crippen molar-refractivity contribution in [3.63, 3.8) is 0 Å². The molecule has 2 aromatic heterocycles. The minimum Gasteiger partial charge on any atom is -0.383 e. The average molecular weight is 375 g/mol. The third kappa shape index (κ3) is 4.31. The van der Waals surface area contributed by atoms with Crippen molar-refractivity contribution >= 4 is 28.2 Å². The van der Waals surface area contributed by atoms with Gasteiger partial charge < -0.3 is 19.9 Å². The van der Waals surface area contributed by atoms with Crippen molar-refractivity contribution < 1.29 is 9.53 Å². The monoisotopic (exact) mass is 375 g/mol. The summed E-state index contributed by atoms with van der Waals surface area (Å²) in [7, 11) is 1.61. The minimum absolute atomic E-state index is 0.125. The van der Waals surface area contributed by atoms with E-state index in [9.17, 15) is 4.79 Å². The van der Waals surface area contributed by atoms with Crippen molar-refractivity contribution in [3.05, 3.63) is 34.5 Å². The molecule has 0 aliphatic carbocycles. The van der Waals surface area contributed by atoms with Crippen LogP contribution in [0.25, 0.3) is 0 Å². The number of methoxy groups -OCH3 is 1. The zero-order valence-corrected chi connectivity index (χ0v) is 16.3. The molecule has 0 atom stereocenters. The van der Waals surface area contributed by atoms with Crippen LogP contribution in [0.4, 0.5) is 10.9 Å². The van der Waals surface area contributed by atoms with Crippen LogP contribution in [0.1, 0.15) is 20.9 Å². The molecule has 0 aromatic carbocycles. The number of hydrogen-bond acceptors (Lipinski definition) is 7. The Balaban J connectivity index is 1.55. The molecule has 1 N–H and O–H groups in total. The Labute approximate surface area is 158 Å². The Hall–Kier alpha value is -2.19. The molecule has 3 rings (SSSR count). The number of nitrogens with one attached hydrogen (secondary N) is 1. The van der Waals surface area contributed by atoms with E-state index in [1.165, 1.54) is 4.88 Å². The molecule has 0 radical (unpaired) electrons. The van der Waals surface area contributed by atoms with Gasteiger partial charge in [0.2, 0.25) is 0 Å². The number of carbonyl (C=O) groups is 1. The number of thiazole rings is 1. The van der Waals surface area contributed by atoms with Crippen LogP contribution in [0.15, 0.2) is 18.3 Å². The van der Waals surface area contributed by atoms with E-state index >= 15 is 0 Å². The zero-order valence-electron chi connectivity index (χ0n) is 15.5. The summed E-state index contributed by atoms with van der Waals surface area (Å²) in [5.41, 5.74) is 1.69. The Morgan fingerprint density at radius 2 is 1.96 bits per heavy atom. The number of piperazine rings is 1. The standard InChI is InChI=1S/C18H25N5O2S/c1-13-14(2)26-18(21-13)23-9-7-22(8-10-23)16-5-4-15(12-20-16)17(24)19-6-11-25-3/h4-5,12H,6-11H2,1-3H3,(H,19,24). The van der Waals surface area contributed by atoms with Crippen molar-refractivity contribution in [2.45, 2.75) is 13.8 Å². The normalized spacial score (nSPS) is 14.6. The van der Waals surface area contributed by atoms with Crippen LogP contribution in [0.5, 0.6) is 0 Å². The quantitative estimate of drug-likeness (QED) is 0.777. The van der Waals surface area contributed by atoms with Crippen molar-refractivity contribution in [2.24, 2.45) is 0 Å². The van der Waals surface area contributed by atoms with Crippen molar-refractivity contribution in [2.75, 3.05) is 56.2 Å². The molecule has 8 heteroatoms. The van der Waals surface area contributed by atoms with E-state index in [1.807, 2.05) is 12.1 Å². The van der Waals surface area contributed by atoms with Gasteiger partial charge >= 0.3 is 0 Å². The number of carbonyl (C=O) groups excluding carboxylic acids is 1. The number of pyridine rings is 1. The summed E-state index contributed by atoms with van der Waals surface area (Å²) < 4.78 is 4.93. The molecule has 0 saturated carbocycles. The molecule has 0 spiro atoms. The second kappa shape index (κ2) is 8.46. The summed E-state index contributed by atoms with van der Waals surface area (Å²) in [6.45, 7) is 8.80. The van der Waals surface area contributed by atoms with Gasteiger partial charge in [-0.15, -0.1) is 11.3 Å². The molecule has 1 aliphatic rings. The molecule has 26 heavy (non-hydrogen) atoms. The Morgan fingerprint density at radius 1 is 1.23 bits per heavy atom. The fraction of sp³-hybridized carbons (Fsp3) is 0.500. The number of aromatic nitrogens is 2. The average Bonchev–Trinajstić information content (AvgIpc) is 3.01. The summed E-state index contributed by atoms with van der Waals surface area (Å²) in [6, 6.07) is 3.74. The number of hydrogen-bond donors (Lipinski definition) is 1. The third-order valence-corrected chi connectivity index (χ3v) is 5.63. The first-order chi connectivity index (χ1) is 12.6. The number of anilines is 2. The van der Waals surface area contributed by atoms with E-state index in [1.54, 1.807) is 24.6 Å². The highest BCUT2D eigenvalue weighted by molar-refractivity contribution is 7.15. The molecular weight excluding hydrogens is 350 g/mol. The number of ether oxygens (including phenoxy) is 1. The Kier molecular flexibility index (Phi) is 6.05. The van der Waals surface area contributed by atoms with Gasteiger partial charge in [-0.3, -0.25) is 4.79 Å². The van der Waals surface area contributed by atoms with Crippen LogP contribution in [0, 0.1) is 13.8 Å². The van der Waals surface area contributed by atoms with Gasteiger partial charge in [0.05, 0.1) is 17.9 Å². The maximum absolute atomic E-state index is 12.0. The van der Waals surface area contributed by atoms with Crippen molar-refractivity contribution in [1.29, 1.82) is 0 Å². The van der Waals surface area contributed by atoms with Gasteiger partial charge in [-0.2, -0.15) is 0 Å². The van der Waals surface area contributed by atoms with Gasteiger partial charge in [-0.05, 0) is 26.0 Å². The Bertz CT molecular complexity index is 719. The molecule has 2 aromatic rings. The molecule has 1 aliphatic heterocycles. The molecule has 1 amide bonds. The summed E-state index contributed by atoms with van der Waals surface area (Å²) in [5, 5.41) is 3.91. The molecular formula is C18H25N5O2S. The smallest absolute Gasteiger partial charge is 0.252 e. The van der Waals surface area contributed by atoms with Crippen LogP contribution in [0.2, 0.25) is 0 Å². The predicted molar refractivity (Wildman–Crippen MR) is 104 cm³/mol. The first-order valence-electron chi connectivity index (χ1n) is 8.75. The van der Waals surface area contributed by atoms with E-state index in [2.05, 4.69) is 38.9 Å². The highest BCUT2D eigenvalue weighted by Crippen LogP contribution is 2.26. The molecule has 1 fully saturated rings. The lowest BCUT2D eigenvalue weighted by Gasteiger charge is -2.35. The number of rotatable bonds is 6. The fourth-order valence-electron chi connectivity index (χ4n) is 2.79. The Morgan fingerprint density at radius 3 is 2.54 bits per heavy atom. The van der Waals surface area contributed by atoms with Gasteiger partial charge in [0, 0.05) is 50.9 Å². The highest BCUT2D eigenvalue weighted by Gasteiger charge is 2.21. The lowest BCUT2D eigenvalue weighted by molar-refractivity contribution is 0.0937. The second-order valence-electron chi connectivity index (χ2n) is 6.27.